The molecule has 0 atom stereocenters. The van der Waals surface area contributed by atoms with Crippen LogP contribution in [0.3, 0.4) is 0 Å². The number of benzene rings is 2. The number of hydrogen-bond acceptors (Lipinski definition) is 2. The van der Waals surface area contributed by atoms with E-state index in [0.29, 0.717) is 16.7 Å². The maximum Gasteiger partial charge on any atom is 0.417 e. The summed E-state index contributed by atoms with van der Waals surface area (Å²) < 4.78 is 39.6. The van der Waals surface area contributed by atoms with E-state index < -0.39 is 11.7 Å². The molecule has 22 heavy (non-hydrogen) atoms. The van der Waals surface area contributed by atoms with E-state index in [1.807, 2.05) is 25.1 Å². The van der Waals surface area contributed by atoms with Gasteiger partial charge in [-0.05, 0) is 31.5 Å². The predicted molar refractivity (Wildman–Crippen MR) is 79.5 cm³/mol. The Bertz CT molecular complexity index is 854. The summed E-state index contributed by atoms with van der Waals surface area (Å²) in [4.78, 5) is 8.86. The van der Waals surface area contributed by atoms with Gasteiger partial charge < -0.3 is 0 Å². The fourth-order valence-electron chi connectivity index (χ4n) is 2.50. The summed E-state index contributed by atoms with van der Waals surface area (Å²) in [5.74, 6) is 0. The van der Waals surface area contributed by atoms with Crippen LogP contribution in [0.1, 0.15) is 16.8 Å². The third-order valence-electron chi connectivity index (χ3n) is 3.56. The van der Waals surface area contributed by atoms with Crippen molar-refractivity contribution in [3.05, 3.63) is 59.3 Å². The van der Waals surface area contributed by atoms with Crippen molar-refractivity contribution in [2.75, 3.05) is 0 Å². The van der Waals surface area contributed by atoms with E-state index in [1.165, 1.54) is 12.1 Å². The van der Waals surface area contributed by atoms with Gasteiger partial charge >= 0.3 is 6.18 Å². The van der Waals surface area contributed by atoms with Gasteiger partial charge in [-0.25, -0.2) is 9.97 Å². The first kappa shape index (κ1) is 14.5. The van der Waals surface area contributed by atoms with Crippen LogP contribution in [0.2, 0.25) is 0 Å². The first-order valence-corrected chi connectivity index (χ1v) is 6.78. The smallest absolute Gasteiger partial charge is 0.249 e. The molecule has 112 valence electrons. The van der Waals surface area contributed by atoms with E-state index in [9.17, 15) is 13.2 Å². The number of nitrogens with zero attached hydrogens (tertiary/aromatic N) is 2. The topological polar surface area (TPSA) is 25.8 Å². The second-order valence-corrected chi connectivity index (χ2v) is 5.14. The van der Waals surface area contributed by atoms with Gasteiger partial charge in [-0.2, -0.15) is 13.2 Å². The first-order valence-electron chi connectivity index (χ1n) is 6.78. The molecule has 0 amide bonds. The molecular formula is C17H13F3N2. The summed E-state index contributed by atoms with van der Waals surface area (Å²) >= 11 is 0. The first-order chi connectivity index (χ1) is 10.4. The van der Waals surface area contributed by atoms with Crippen LogP contribution in [-0.4, -0.2) is 9.97 Å². The molecule has 0 saturated heterocycles. The Morgan fingerprint density at radius 3 is 2.32 bits per heavy atom. The highest BCUT2D eigenvalue weighted by molar-refractivity contribution is 5.81. The average molecular weight is 302 g/mol. The van der Waals surface area contributed by atoms with Crippen LogP contribution < -0.4 is 0 Å². The van der Waals surface area contributed by atoms with Crippen molar-refractivity contribution >= 4 is 11.0 Å². The van der Waals surface area contributed by atoms with Crippen LogP contribution in [0.15, 0.2) is 42.5 Å². The number of aromatic nitrogens is 2. The molecule has 2 aromatic carbocycles. The molecule has 0 fully saturated rings. The molecule has 0 aliphatic carbocycles. The van der Waals surface area contributed by atoms with E-state index >= 15 is 0 Å². The number of para-hydroxylation sites is 1. The molecule has 3 rings (SSSR count). The molecular weight excluding hydrogens is 289 g/mol. The lowest BCUT2D eigenvalue weighted by Gasteiger charge is -2.14. The zero-order valence-electron chi connectivity index (χ0n) is 12.1. The van der Waals surface area contributed by atoms with Crippen molar-refractivity contribution in [2.45, 2.75) is 20.0 Å². The van der Waals surface area contributed by atoms with Gasteiger partial charge in [0.2, 0.25) is 0 Å². The van der Waals surface area contributed by atoms with Crippen LogP contribution >= 0.6 is 0 Å². The fourth-order valence-corrected chi connectivity index (χ4v) is 2.50. The monoisotopic (exact) mass is 302 g/mol. The van der Waals surface area contributed by atoms with Crippen molar-refractivity contribution in [3.63, 3.8) is 0 Å². The Kier molecular flexibility index (Phi) is 3.35. The van der Waals surface area contributed by atoms with Gasteiger partial charge in [0.05, 0.1) is 28.0 Å². The molecule has 0 unspecified atom stereocenters. The van der Waals surface area contributed by atoms with Gasteiger partial charge in [0, 0.05) is 5.56 Å². The zero-order chi connectivity index (χ0) is 15.9. The molecule has 0 aliphatic rings. The molecule has 5 heteroatoms. The minimum atomic E-state index is -4.43. The molecule has 2 nitrogen and oxygen atoms in total. The van der Waals surface area contributed by atoms with Crippen molar-refractivity contribution in [1.82, 2.24) is 9.97 Å². The van der Waals surface area contributed by atoms with E-state index in [1.54, 1.807) is 13.0 Å². The quantitative estimate of drug-likeness (QED) is 0.637. The molecule has 1 aromatic heterocycles. The summed E-state index contributed by atoms with van der Waals surface area (Å²) in [5.41, 5.74) is 2.32. The summed E-state index contributed by atoms with van der Waals surface area (Å²) in [6.45, 7) is 3.54. The third kappa shape index (κ3) is 2.43. The lowest BCUT2D eigenvalue weighted by atomic mass is 10.0. The second-order valence-electron chi connectivity index (χ2n) is 5.14. The molecule has 0 aliphatic heterocycles. The molecule has 1 heterocycles. The average Bonchev–Trinajstić information content (AvgIpc) is 2.46. The largest absolute Gasteiger partial charge is 0.417 e. The minimum absolute atomic E-state index is 0.0603. The molecule has 0 saturated carbocycles. The Morgan fingerprint density at radius 2 is 1.59 bits per heavy atom. The number of aryl methyl sites for hydroxylation is 2. The normalized spacial score (nSPS) is 11.9. The molecule has 3 aromatic rings. The SMILES string of the molecule is Cc1nc2cccc(C)c2nc1-c1ccccc1C(F)(F)F. The number of halogens is 3. The molecule has 0 radical (unpaired) electrons. The van der Waals surface area contributed by atoms with Crippen molar-refractivity contribution in [2.24, 2.45) is 0 Å². The lowest BCUT2D eigenvalue weighted by molar-refractivity contribution is -0.137. The highest BCUT2D eigenvalue weighted by Gasteiger charge is 2.34. The summed E-state index contributed by atoms with van der Waals surface area (Å²) in [5, 5.41) is 0. The van der Waals surface area contributed by atoms with Crippen LogP contribution in [0, 0.1) is 13.8 Å². The van der Waals surface area contributed by atoms with Crippen LogP contribution in [0.5, 0.6) is 0 Å². The van der Waals surface area contributed by atoms with Gasteiger partial charge in [-0.3, -0.25) is 0 Å². The number of rotatable bonds is 1. The molecule has 0 bridgehead atoms. The molecule has 0 spiro atoms. The Morgan fingerprint density at radius 1 is 0.864 bits per heavy atom. The van der Waals surface area contributed by atoms with E-state index in [2.05, 4.69) is 9.97 Å². The lowest BCUT2D eigenvalue weighted by Crippen LogP contribution is -2.08. The minimum Gasteiger partial charge on any atom is -0.249 e. The zero-order valence-corrected chi connectivity index (χ0v) is 12.1. The van der Waals surface area contributed by atoms with Crippen LogP contribution in [0.25, 0.3) is 22.3 Å². The Balaban J connectivity index is 2.32. The highest BCUT2D eigenvalue weighted by atomic mass is 19.4. The van der Waals surface area contributed by atoms with Gasteiger partial charge in [0.15, 0.2) is 0 Å². The van der Waals surface area contributed by atoms with Crippen molar-refractivity contribution in [3.8, 4) is 11.3 Å². The van der Waals surface area contributed by atoms with Crippen LogP contribution in [-0.2, 0) is 6.18 Å². The van der Waals surface area contributed by atoms with E-state index in [0.717, 1.165) is 11.6 Å². The summed E-state index contributed by atoms with van der Waals surface area (Å²) in [6, 6.07) is 11.0. The fraction of sp³-hybridized carbons (Fsp3) is 0.176. The van der Waals surface area contributed by atoms with Crippen LogP contribution in [0.4, 0.5) is 13.2 Å². The van der Waals surface area contributed by atoms with Crippen molar-refractivity contribution < 1.29 is 13.2 Å². The summed E-state index contributed by atoms with van der Waals surface area (Å²) in [6.07, 6.45) is -4.43. The maximum atomic E-state index is 13.2. The van der Waals surface area contributed by atoms with Gasteiger partial charge in [0.1, 0.15) is 0 Å². The van der Waals surface area contributed by atoms with Gasteiger partial charge in [-0.1, -0.05) is 30.3 Å². The van der Waals surface area contributed by atoms with E-state index in [-0.39, 0.29) is 11.3 Å². The Hall–Kier alpha value is -2.43. The van der Waals surface area contributed by atoms with Gasteiger partial charge in [-0.15, -0.1) is 0 Å². The number of fused-ring (bicyclic) bond motifs is 1. The maximum absolute atomic E-state index is 13.2. The number of alkyl halides is 3. The second kappa shape index (κ2) is 5.09. The van der Waals surface area contributed by atoms with E-state index in [4.69, 9.17) is 0 Å². The third-order valence-corrected chi connectivity index (χ3v) is 3.56. The van der Waals surface area contributed by atoms with Crippen molar-refractivity contribution in [1.29, 1.82) is 0 Å². The standard InChI is InChI=1S/C17H13F3N2/c1-10-6-5-9-14-15(10)22-16(11(2)21-14)12-7-3-4-8-13(12)17(18,19)20/h3-9H,1-2H3. The highest BCUT2D eigenvalue weighted by Crippen LogP contribution is 2.37. The summed E-state index contributed by atoms with van der Waals surface area (Å²) in [7, 11) is 0. The Labute approximate surface area is 125 Å². The molecule has 0 N–H and O–H groups in total. The predicted octanol–water partition coefficient (Wildman–Crippen LogP) is 4.93. The number of hydrogen-bond donors (Lipinski definition) is 0. The van der Waals surface area contributed by atoms with Gasteiger partial charge in [0.25, 0.3) is 0 Å².